The number of amides is 1. The van der Waals surface area contributed by atoms with Crippen molar-refractivity contribution in [1.29, 1.82) is 0 Å². The predicted molar refractivity (Wildman–Crippen MR) is 116 cm³/mol. The maximum Gasteiger partial charge on any atom is 0.224 e. The van der Waals surface area contributed by atoms with Gasteiger partial charge < -0.3 is 15.0 Å². The summed E-state index contributed by atoms with van der Waals surface area (Å²) in [7, 11) is 0. The van der Waals surface area contributed by atoms with Crippen LogP contribution >= 0.6 is 0 Å². The summed E-state index contributed by atoms with van der Waals surface area (Å²) < 4.78 is 5.94. The van der Waals surface area contributed by atoms with Crippen molar-refractivity contribution in [2.45, 2.75) is 32.2 Å². The van der Waals surface area contributed by atoms with Crippen LogP contribution in [0.5, 0.6) is 5.75 Å². The number of hydrogen-bond acceptors (Lipinski definition) is 4. The predicted octanol–water partition coefficient (Wildman–Crippen LogP) is 3.55. The first-order valence-electron chi connectivity index (χ1n) is 10.8. The Balaban J connectivity index is 1.17. The molecule has 2 aliphatic rings. The molecule has 29 heavy (non-hydrogen) atoms. The second-order valence-corrected chi connectivity index (χ2v) is 8.03. The van der Waals surface area contributed by atoms with E-state index >= 15 is 0 Å². The van der Waals surface area contributed by atoms with Gasteiger partial charge in [-0.2, -0.15) is 0 Å². The van der Waals surface area contributed by atoms with Gasteiger partial charge in [-0.1, -0.05) is 36.4 Å². The Hall–Kier alpha value is -2.37. The average Bonchev–Trinajstić information content (AvgIpc) is 2.97. The number of nitrogens with zero attached hydrogens (tertiary/aromatic N) is 2. The first kappa shape index (κ1) is 19.9. The van der Waals surface area contributed by atoms with Crippen molar-refractivity contribution < 1.29 is 9.53 Å². The Bertz CT molecular complexity index is 809. The van der Waals surface area contributed by atoms with Crippen molar-refractivity contribution in [3.63, 3.8) is 0 Å². The second kappa shape index (κ2) is 9.90. The highest BCUT2D eigenvalue weighted by molar-refractivity contribution is 5.94. The molecule has 0 spiro atoms. The van der Waals surface area contributed by atoms with Gasteiger partial charge in [-0.25, -0.2) is 0 Å². The lowest BCUT2D eigenvalue weighted by Crippen LogP contribution is -2.31. The Morgan fingerprint density at radius 2 is 1.76 bits per heavy atom. The third kappa shape index (κ3) is 5.81. The van der Waals surface area contributed by atoms with Crippen LogP contribution in [0.15, 0.2) is 48.5 Å². The van der Waals surface area contributed by atoms with Crippen LogP contribution in [0, 0.1) is 0 Å². The van der Waals surface area contributed by atoms with Gasteiger partial charge in [0.15, 0.2) is 0 Å². The third-order valence-electron chi connectivity index (χ3n) is 5.79. The van der Waals surface area contributed by atoms with E-state index in [9.17, 15) is 4.79 Å². The van der Waals surface area contributed by atoms with Crippen LogP contribution in [0.25, 0.3) is 0 Å². The molecule has 0 aliphatic carbocycles. The number of carbonyl (C=O) groups excluding carboxylic acids is 1. The quantitative estimate of drug-likeness (QED) is 0.731. The Morgan fingerprint density at radius 1 is 0.931 bits per heavy atom. The molecule has 2 heterocycles. The molecule has 0 aromatic heterocycles. The topological polar surface area (TPSA) is 44.8 Å². The van der Waals surface area contributed by atoms with Gasteiger partial charge in [0.25, 0.3) is 0 Å². The van der Waals surface area contributed by atoms with Gasteiger partial charge >= 0.3 is 0 Å². The Labute approximate surface area is 173 Å². The molecule has 1 amide bonds. The van der Waals surface area contributed by atoms with Crippen LogP contribution in [0.1, 0.15) is 30.4 Å². The van der Waals surface area contributed by atoms with Crippen molar-refractivity contribution in [2.75, 3.05) is 44.6 Å². The van der Waals surface area contributed by atoms with Crippen LogP contribution in [0.2, 0.25) is 0 Å². The third-order valence-corrected chi connectivity index (χ3v) is 5.79. The molecular formula is C24H31N3O2. The highest BCUT2D eigenvalue weighted by atomic mass is 16.5. The van der Waals surface area contributed by atoms with E-state index in [0.717, 1.165) is 57.0 Å². The van der Waals surface area contributed by atoms with Gasteiger partial charge in [-0.3, -0.25) is 9.69 Å². The molecule has 2 aromatic rings. The van der Waals surface area contributed by atoms with Gasteiger partial charge in [0.2, 0.25) is 5.91 Å². The minimum atomic E-state index is 0.0946. The molecule has 5 heteroatoms. The van der Waals surface area contributed by atoms with Gasteiger partial charge in [0, 0.05) is 44.4 Å². The fraction of sp³-hybridized carbons (Fsp3) is 0.458. The lowest BCUT2D eigenvalue weighted by Gasteiger charge is -2.22. The van der Waals surface area contributed by atoms with Gasteiger partial charge in [0.05, 0.1) is 6.61 Å². The van der Waals surface area contributed by atoms with E-state index < -0.39 is 0 Å². The summed E-state index contributed by atoms with van der Waals surface area (Å²) in [5.41, 5.74) is 3.50. The molecule has 2 aromatic carbocycles. The smallest absolute Gasteiger partial charge is 0.224 e. The van der Waals surface area contributed by atoms with Crippen LogP contribution in [0.4, 0.5) is 5.69 Å². The fourth-order valence-corrected chi connectivity index (χ4v) is 4.17. The summed E-state index contributed by atoms with van der Waals surface area (Å²) in [5.74, 6) is 0.938. The zero-order valence-corrected chi connectivity index (χ0v) is 17.1. The molecule has 154 valence electrons. The molecule has 1 N–H and O–H groups in total. The number of carbonyl (C=O) groups is 1. The van der Waals surface area contributed by atoms with E-state index in [0.29, 0.717) is 13.0 Å². The Kier molecular flexibility index (Phi) is 6.80. The minimum Gasteiger partial charge on any atom is -0.493 e. The van der Waals surface area contributed by atoms with Gasteiger partial charge in [-0.05, 0) is 49.5 Å². The number of rotatable bonds is 7. The summed E-state index contributed by atoms with van der Waals surface area (Å²) in [4.78, 5) is 16.7. The van der Waals surface area contributed by atoms with E-state index in [1.54, 1.807) is 0 Å². The summed E-state index contributed by atoms with van der Waals surface area (Å²) in [5, 5.41) is 2.94. The summed E-state index contributed by atoms with van der Waals surface area (Å²) >= 11 is 0. The molecule has 0 radical (unpaired) electrons. The van der Waals surface area contributed by atoms with Crippen LogP contribution in [-0.4, -0.2) is 55.0 Å². The lowest BCUT2D eigenvalue weighted by molar-refractivity contribution is -0.116. The van der Waals surface area contributed by atoms with Crippen molar-refractivity contribution in [1.82, 2.24) is 9.80 Å². The zero-order chi connectivity index (χ0) is 19.9. The molecule has 1 saturated heterocycles. The van der Waals surface area contributed by atoms with Crippen molar-refractivity contribution in [2.24, 2.45) is 0 Å². The van der Waals surface area contributed by atoms with E-state index in [1.807, 2.05) is 12.1 Å². The monoisotopic (exact) mass is 393 g/mol. The normalized spacial score (nSPS) is 18.0. The summed E-state index contributed by atoms with van der Waals surface area (Å²) in [6.07, 6.45) is 3.63. The van der Waals surface area contributed by atoms with Crippen LogP contribution in [-0.2, 0) is 17.8 Å². The van der Waals surface area contributed by atoms with E-state index in [-0.39, 0.29) is 5.91 Å². The number of fused-ring (bicyclic) bond motifs is 1. The maximum absolute atomic E-state index is 11.6. The van der Waals surface area contributed by atoms with Gasteiger partial charge in [-0.15, -0.1) is 0 Å². The van der Waals surface area contributed by atoms with Gasteiger partial charge in [0.1, 0.15) is 5.75 Å². The molecule has 5 nitrogen and oxygen atoms in total. The largest absolute Gasteiger partial charge is 0.493 e. The molecule has 0 atom stereocenters. The second-order valence-electron chi connectivity index (χ2n) is 8.03. The molecule has 0 bridgehead atoms. The first-order valence-corrected chi connectivity index (χ1v) is 10.8. The van der Waals surface area contributed by atoms with E-state index in [4.69, 9.17) is 4.74 Å². The van der Waals surface area contributed by atoms with Crippen LogP contribution < -0.4 is 10.1 Å². The average molecular weight is 394 g/mol. The maximum atomic E-state index is 11.6. The number of ether oxygens (including phenoxy) is 1. The minimum absolute atomic E-state index is 0.0946. The number of anilines is 1. The number of nitrogens with one attached hydrogen (secondary N) is 1. The molecule has 0 saturated carbocycles. The van der Waals surface area contributed by atoms with Crippen molar-refractivity contribution >= 4 is 11.6 Å². The molecule has 4 rings (SSSR count). The Morgan fingerprint density at radius 3 is 2.66 bits per heavy atom. The van der Waals surface area contributed by atoms with E-state index in [1.165, 1.54) is 24.1 Å². The number of aryl methyl sites for hydroxylation is 1. The number of hydrogen-bond donors (Lipinski definition) is 1. The summed E-state index contributed by atoms with van der Waals surface area (Å²) in [6, 6.07) is 16.8. The first-order chi connectivity index (χ1) is 14.3. The highest BCUT2D eigenvalue weighted by Crippen LogP contribution is 2.27. The molecular weight excluding hydrogens is 362 g/mol. The van der Waals surface area contributed by atoms with Crippen LogP contribution in [0.3, 0.4) is 0 Å². The molecule has 0 unspecified atom stereocenters. The van der Waals surface area contributed by atoms with E-state index in [2.05, 4.69) is 51.5 Å². The molecule has 1 fully saturated rings. The highest BCUT2D eigenvalue weighted by Gasteiger charge is 2.16. The lowest BCUT2D eigenvalue weighted by atomic mass is 10.0. The van der Waals surface area contributed by atoms with Crippen molar-refractivity contribution in [3.8, 4) is 5.75 Å². The fourth-order valence-electron chi connectivity index (χ4n) is 4.17. The zero-order valence-electron chi connectivity index (χ0n) is 17.1. The SMILES string of the molecule is O=C1CCc2ccc(OCCCN3CCCN(Cc4ccccc4)CC3)cc2N1. The number of benzene rings is 2. The molecule has 2 aliphatic heterocycles. The standard InChI is InChI=1S/C24H31N3O2/c28-24-11-9-21-8-10-22(18-23(21)25-24)29-17-5-14-26-12-4-13-27(16-15-26)19-20-6-2-1-3-7-20/h1-3,6-8,10,18H,4-5,9,11-17,19H2,(H,25,28). The summed E-state index contributed by atoms with van der Waals surface area (Å²) in [6.45, 7) is 7.40. The van der Waals surface area contributed by atoms with Crippen molar-refractivity contribution in [3.05, 3.63) is 59.7 Å².